The summed E-state index contributed by atoms with van der Waals surface area (Å²) in [6.45, 7) is 5.50. The van der Waals surface area contributed by atoms with Gasteiger partial charge in [-0.2, -0.15) is 0 Å². The number of carbonyl (C=O) groups excluding carboxylic acids is 1. The predicted octanol–water partition coefficient (Wildman–Crippen LogP) is 1.27. The number of amides is 1. The van der Waals surface area contributed by atoms with Crippen LogP contribution in [0.4, 0.5) is 4.39 Å². The summed E-state index contributed by atoms with van der Waals surface area (Å²) in [5.41, 5.74) is 4.85. The van der Waals surface area contributed by atoms with E-state index >= 15 is 0 Å². The van der Waals surface area contributed by atoms with Crippen molar-refractivity contribution < 1.29 is 13.9 Å². The Morgan fingerprint density at radius 3 is 2.85 bits per heavy atom. The Morgan fingerprint density at radius 2 is 2.20 bits per heavy atom. The summed E-state index contributed by atoms with van der Waals surface area (Å²) in [5, 5.41) is 3.02. The Kier molecular flexibility index (Phi) is 6.45. The van der Waals surface area contributed by atoms with Crippen LogP contribution in [0.5, 0.6) is 5.75 Å². The van der Waals surface area contributed by atoms with Crippen molar-refractivity contribution in [2.75, 3.05) is 6.54 Å². The van der Waals surface area contributed by atoms with E-state index in [9.17, 15) is 9.18 Å². The van der Waals surface area contributed by atoms with Crippen molar-refractivity contribution in [3.05, 3.63) is 42.7 Å². The lowest BCUT2D eigenvalue weighted by atomic mass is 10.3. The number of hydrogen-bond acceptors (Lipinski definition) is 3. The van der Waals surface area contributed by atoms with Crippen LogP contribution in [0, 0.1) is 5.82 Å². The molecule has 108 valence electrons. The predicted molar refractivity (Wildman–Crippen MR) is 78.6 cm³/mol. The highest BCUT2D eigenvalue weighted by Crippen LogP contribution is 2.16. The van der Waals surface area contributed by atoms with Gasteiger partial charge in [-0.15, -0.1) is 6.58 Å². The third-order valence-electron chi connectivity index (χ3n) is 2.22. The van der Waals surface area contributed by atoms with Gasteiger partial charge in [-0.05, 0) is 31.3 Å². The lowest BCUT2D eigenvalue weighted by molar-refractivity contribution is -0.127. The fraction of sp³-hybridized carbons (Fsp3) is 0.231. The van der Waals surface area contributed by atoms with Crippen LogP contribution >= 0.6 is 12.2 Å². The minimum atomic E-state index is -0.874. The second-order valence-electron chi connectivity index (χ2n) is 3.80. The standard InChI is InChI=1S/C13H16FN3O2S/c1-3-8-15-13(20)17-16-12(18)9(2)19-11-7-5-4-6-10(11)14/h3-7,9H,1,8H2,2H3,(H,16,18)(H2,15,17,20)/t9-/m1/s1. The molecule has 3 N–H and O–H groups in total. The maximum Gasteiger partial charge on any atom is 0.279 e. The third-order valence-corrected chi connectivity index (χ3v) is 2.46. The van der Waals surface area contributed by atoms with Crippen LogP contribution in [0.25, 0.3) is 0 Å². The third kappa shape index (κ3) is 5.23. The number of ether oxygens (including phenoxy) is 1. The molecule has 1 amide bonds. The molecule has 20 heavy (non-hydrogen) atoms. The zero-order valence-electron chi connectivity index (χ0n) is 11.0. The largest absolute Gasteiger partial charge is 0.478 e. The molecule has 0 heterocycles. The van der Waals surface area contributed by atoms with Gasteiger partial charge in [-0.1, -0.05) is 18.2 Å². The Bertz CT molecular complexity index is 496. The number of hydrazine groups is 1. The number of thiocarbonyl (C=S) groups is 1. The van der Waals surface area contributed by atoms with Crippen LogP contribution in [0.1, 0.15) is 6.92 Å². The summed E-state index contributed by atoms with van der Waals surface area (Å²) < 4.78 is 18.6. The number of halogens is 1. The molecule has 0 radical (unpaired) electrons. The molecule has 1 rings (SSSR count). The lowest BCUT2D eigenvalue weighted by Crippen LogP contribution is -2.50. The van der Waals surface area contributed by atoms with Crippen LogP contribution in [-0.4, -0.2) is 23.7 Å². The van der Waals surface area contributed by atoms with E-state index in [0.29, 0.717) is 6.54 Å². The van der Waals surface area contributed by atoms with Gasteiger partial charge >= 0.3 is 0 Å². The van der Waals surface area contributed by atoms with Crippen molar-refractivity contribution in [2.24, 2.45) is 0 Å². The van der Waals surface area contributed by atoms with Gasteiger partial charge in [0.05, 0.1) is 0 Å². The van der Waals surface area contributed by atoms with Crippen molar-refractivity contribution >= 4 is 23.2 Å². The van der Waals surface area contributed by atoms with E-state index in [0.717, 1.165) is 0 Å². The van der Waals surface area contributed by atoms with Gasteiger partial charge in [0.2, 0.25) is 0 Å². The maximum absolute atomic E-state index is 13.4. The molecular weight excluding hydrogens is 281 g/mol. The SMILES string of the molecule is C=CCNC(=S)NNC(=O)[C@@H](C)Oc1ccccc1F. The Morgan fingerprint density at radius 1 is 1.50 bits per heavy atom. The van der Waals surface area contributed by atoms with E-state index in [4.69, 9.17) is 17.0 Å². The van der Waals surface area contributed by atoms with Crippen LogP contribution < -0.4 is 20.9 Å². The topological polar surface area (TPSA) is 62.4 Å². The van der Waals surface area contributed by atoms with E-state index in [1.165, 1.54) is 25.1 Å². The number of carbonyl (C=O) groups is 1. The van der Waals surface area contributed by atoms with Gasteiger partial charge < -0.3 is 10.1 Å². The fourth-order valence-corrected chi connectivity index (χ4v) is 1.35. The van der Waals surface area contributed by atoms with Gasteiger partial charge in [0.15, 0.2) is 22.8 Å². The van der Waals surface area contributed by atoms with Crippen molar-refractivity contribution in [1.29, 1.82) is 0 Å². The molecule has 1 aromatic carbocycles. The van der Waals surface area contributed by atoms with Gasteiger partial charge in [-0.3, -0.25) is 15.6 Å². The van der Waals surface area contributed by atoms with Crippen molar-refractivity contribution in [3.63, 3.8) is 0 Å². The highest BCUT2D eigenvalue weighted by atomic mass is 32.1. The van der Waals surface area contributed by atoms with E-state index in [1.54, 1.807) is 12.1 Å². The van der Waals surface area contributed by atoms with E-state index in [2.05, 4.69) is 22.7 Å². The maximum atomic E-state index is 13.4. The van der Waals surface area contributed by atoms with Crippen LogP contribution in [-0.2, 0) is 4.79 Å². The van der Waals surface area contributed by atoms with Crippen LogP contribution in [0.15, 0.2) is 36.9 Å². The van der Waals surface area contributed by atoms with Crippen LogP contribution in [0.2, 0.25) is 0 Å². The summed E-state index contributed by atoms with van der Waals surface area (Å²) in [6, 6.07) is 5.86. The van der Waals surface area contributed by atoms with Crippen molar-refractivity contribution in [3.8, 4) is 5.75 Å². The van der Waals surface area contributed by atoms with Crippen molar-refractivity contribution in [1.82, 2.24) is 16.2 Å². The summed E-state index contributed by atoms with van der Waals surface area (Å²) in [5.74, 6) is -0.984. The minimum Gasteiger partial charge on any atom is -0.478 e. The average molecular weight is 297 g/mol. The number of benzene rings is 1. The summed E-state index contributed by atoms with van der Waals surface area (Å²) in [4.78, 5) is 11.7. The van der Waals surface area contributed by atoms with Gasteiger partial charge in [0, 0.05) is 6.54 Å². The van der Waals surface area contributed by atoms with Gasteiger partial charge in [0.1, 0.15) is 0 Å². The van der Waals surface area contributed by atoms with Gasteiger partial charge in [-0.25, -0.2) is 4.39 Å². The average Bonchev–Trinajstić information content (AvgIpc) is 2.44. The zero-order chi connectivity index (χ0) is 15.0. The first-order chi connectivity index (χ1) is 9.54. The monoisotopic (exact) mass is 297 g/mol. The molecule has 0 aliphatic heterocycles. The van der Waals surface area contributed by atoms with E-state index in [-0.39, 0.29) is 10.9 Å². The van der Waals surface area contributed by atoms with Crippen molar-refractivity contribution in [2.45, 2.75) is 13.0 Å². The molecule has 0 saturated carbocycles. The molecule has 0 unspecified atom stereocenters. The molecule has 1 aromatic rings. The van der Waals surface area contributed by atoms with E-state index in [1.807, 2.05) is 0 Å². The molecule has 0 spiro atoms. The summed E-state index contributed by atoms with van der Waals surface area (Å²) in [7, 11) is 0. The molecule has 0 fully saturated rings. The molecule has 1 atom stereocenters. The quantitative estimate of drug-likeness (QED) is 0.434. The Labute approximate surface area is 122 Å². The normalized spacial score (nSPS) is 11.1. The first kappa shape index (κ1) is 15.9. The van der Waals surface area contributed by atoms with Crippen LogP contribution in [0.3, 0.4) is 0 Å². The molecule has 0 aliphatic rings. The molecule has 5 nitrogen and oxygen atoms in total. The second-order valence-corrected chi connectivity index (χ2v) is 4.21. The number of para-hydroxylation sites is 1. The highest BCUT2D eigenvalue weighted by molar-refractivity contribution is 7.80. The molecule has 0 aromatic heterocycles. The highest BCUT2D eigenvalue weighted by Gasteiger charge is 2.16. The number of nitrogens with one attached hydrogen (secondary N) is 3. The summed E-state index contributed by atoms with van der Waals surface area (Å²) in [6.07, 6.45) is 0.751. The molecule has 0 bridgehead atoms. The molecule has 0 saturated heterocycles. The minimum absolute atomic E-state index is 0.0162. The first-order valence-corrected chi connectivity index (χ1v) is 6.31. The first-order valence-electron chi connectivity index (χ1n) is 5.90. The summed E-state index contributed by atoms with van der Waals surface area (Å²) >= 11 is 4.89. The van der Waals surface area contributed by atoms with Gasteiger partial charge in [0.25, 0.3) is 5.91 Å². The second kappa shape index (κ2) is 8.11. The molecular formula is C13H16FN3O2S. The number of hydrogen-bond donors (Lipinski definition) is 3. The Hall–Kier alpha value is -2.15. The molecule has 7 heteroatoms. The number of rotatable bonds is 5. The zero-order valence-corrected chi connectivity index (χ0v) is 11.8. The lowest BCUT2D eigenvalue weighted by Gasteiger charge is -2.16. The fourth-order valence-electron chi connectivity index (χ4n) is 1.21. The Balaban J connectivity index is 2.41. The van der Waals surface area contributed by atoms with E-state index < -0.39 is 17.8 Å². The molecule has 0 aliphatic carbocycles. The smallest absolute Gasteiger partial charge is 0.279 e.